The first kappa shape index (κ1) is 18.9. The summed E-state index contributed by atoms with van der Waals surface area (Å²) in [5.41, 5.74) is 2.47. The molecule has 0 bridgehead atoms. The van der Waals surface area contributed by atoms with E-state index in [1.54, 1.807) is 42.5 Å². The van der Waals surface area contributed by atoms with Crippen LogP contribution >= 0.6 is 11.6 Å². The largest absolute Gasteiger partial charge is 0.322 e. The summed E-state index contributed by atoms with van der Waals surface area (Å²) < 4.78 is 27.4. The molecule has 0 unspecified atom stereocenters. The van der Waals surface area contributed by atoms with E-state index in [4.69, 9.17) is 11.6 Å². The van der Waals surface area contributed by atoms with E-state index in [2.05, 4.69) is 10.0 Å². The van der Waals surface area contributed by atoms with Gasteiger partial charge < -0.3 is 5.32 Å². The van der Waals surface area contributed by atoms with Gasteiger partial charge in [0.15, 0.2) is 0 Å². The van der Waals surface area contributed by atoms with Crippen molar-refractivity contribution in [3.63, 3.8) is 0 Å². The molecule has 0 radical (unpaired) electrons. The smallest absolute Gasteiger partial charge is 0.261 e. The predicted molar refractivity (Wildman–Crippen MR) is 108 cm³/mol. The molecule has 0 atom stereocenters. The Bertz CT molecular complexity index is 1060. The molecule has 3 aromatic carbocycles. The lowest BCUT2D eigenvalue weighted by molar-refractivity contribution is 0.102. The quantitative estimate of drug-likeness (QED) is 0.651. The van der Waals surface area contributed by atoms with Crippen LogP contribution < -0.4 is 10.0 Å². The fraction of sp³-hybridized carbons (Fsp3) is 0.0500. The SMILES string of the molecule is Cc1ccc(C(=O)Nc2ccc(S(=O)(=O)Nc3cccc(Cl)c3)cc2)cc1. The molecule has 5 nitrogen and oxygen atoms in total. The number of carbonyl (C=O) groups excluding carboxylic acids is 1. The van der Waals surface area contributed by atoms with Gasteiger partial charge in [0.2, 0.25) is 0 Å². The lowest BCUT2D eigenvalue weighted by atomic mass is 10.1. The number of amides is 1. The Morgan fingerprint density at radius 2 is 1.56 bits per heavy atom. The molecule has 0 saturated carbocycles. The highest BCUT2D eigenvalue weighted by molar-refractivity contribution is 7.92. The van der Waals surface area contributed by atoms with E-state index in [0.717, 1.165) is 5.56 Å². The maximum absolute atomic E-state index is 12.5. The first-order valence-corrected chi connectivity index (χ1v) is 9.96. The number of aryl methyl sites for hydroxylation is 1. The summed E-state index contributed by atoms with van der Waals surface area (Å²) in [4.78, 5) is 12.3. The second-order valence-corrected chi connectivity index (χ2v) is 8.08. The van der Waals surface area contributed by atoms with E-state index >= 15 is 0 Å². The number of hydrogen-bond donors (Lipinski definition) is 2. The molecule has 3 aromatic rings. The van der Waals surface area contributed by atoms with Gasteiger partial charge in [-0.2, -0.15) is 0 Å². The van der Waals surface area contributed by atoms with E-state index < -0.39 is 10.0 Å². The first-order chi connectivity index (χ1) is 12.8. The Hall–Kier alpha value is -2.83. The molecule has 138 valence electrons. The molecule has 0 aliphatic carbocycles. The molecule has 0 fully saturated rings. The highest BCUT2D eigenvalue weighted by atomic mass is 35.5. The molecular weight excluding hydrogens is 384 g/mol. The average Bonchev–Trinajstić information content (AvgIpc) is 2.62. The van der Waals surface area contributed by atoms with Crippen molar-refractivity contribution in [2.45, 2.75) is 11.8 Å². The number of sulfonamides is 1. The summed E-state index contributed by atoms with van der Waals surface area (Å²) in [5.74, 6) is -0.261. The van der Waals surface area contributed by atoms with E-state index in [0.29, 0.717) is 22.0 Å². The van der Waals surface area contributed by atoms with Gasteiger partial charge in [0.25, 0.3) is 15.9 Å². The maximum Gasteiger partial charge on any atom is 0.261 e. The summed E-state index contributed by atoms with van der Waals surface area (Å²) in [6.07, 6.45) is 0. The maximum atomic E-state index is 12.5. The van der Waals surface area contributed by atoms with Gasteiger partial charge in [0, 0.05) is 16.3 Å². The minimum atomic E-state index is -3.75. The standard InChI is InChI=1S/C20H17ClN2O3S/c1-14-5-7-15(8-6-14)20(24)22-17-9-11-19(12-10-17)27(25,26)23-18-4-2-3-16(21)13-18/h2-13,23H,1H3,(H,22,24). The van der Waals surface area contributed by atoms with Crippen molar-refractivity contribution in [1.82, 2.24) is 0 Å². The fourth-order valence-electron chi connectivity index (χ4n) is 2.39. The summed E-state index contributed by atoms with van der Waals surface area (Å²) in [6.45, 7) is 1.94. The molecule has 7 heteroatoms. The summed E-state index contributed by atoms with van der Waals surface area (Å²) in [6, 6.07) is 19.6. The van der Waals surface area contributed by atoms with Crippen LogP contribution in [0.1, 0.15) is 15.9 Å². The van der Waals surface area contributed by atoms with Crippen LogP contribution in [0.4, 0.5) is 11.4 Å². The molecular formula is C20H17ClN2O3S. The second-order valence-electron chi connectivity index (χ2n) is 5.96. The number of rotatable bonds is 5. The predicted octanol–water partition coefficient (Wildman–Crippen LogP) is 4.70. The van der Waals surface area contributed by atoms with E-state index in [1.807, 2.05) is 19.1 Å². The van der Waals surface area contributed by atoms with Crippen molar-refractivity contribution in [2.24, 2.45) is 0 Å². The zero-order valence-corrected chi connectivity index (χ0v) is 16.0. The van der Waals surface area contributed by atoms with Crippen LogP contribution in [0.15, 0.2) is 77.7 Å². The molecule has 3 rings (SSSR count). The van der Waals surface area contributed by atoms with Crippen LogP contribution in [-0.2, 0) is 10.0 Å². The van der Waals surface area contributed by atoms with Gasteiger partial charge in [-0.15, -0.1) is 0 Å². The van der Waals surface area contributed by atoms with Crippen LogP contribution in [0.2, 0.25) is 5.02 Å². The third-order valence-electron chi connectivity index (χ3n) is 3.81. The zero-order chi connectivity index (χ0) is 19.4. The molecule has 27 heavy (non-hydrogen) atoms. The zero-order valence-electron chi connectivity index (χ0n) is 14.4. The Morgan fingerprint density at radius 3 is 2.19 bits per heavy atom. The van der Waals surface area contributed by atoms with E-state index in [9.17, 15) is 13.2 Å². The molecule has 2 N–H and O–H groups in total. The van der Waals surface area contributed by atoms with Gasteiger partial charge in [-0.1, -0.05) is 35.4 Å². The second kappa shape index (κ2) is 7.82. The fourth-order valence-corrected chi connectivity index (χ4v) is 3.63. The lowest BCUT2D eigenvalue weighted by Crippen LogP contribution is -2.14. The van der Waals surface area contributed by atoms with Gasteiger partial charge >= 0.3 is 0 Å². The van der Waals surface area contributed by atoms with Crippen LogP contribution in [0.5, 0.6) is 0 Å². The molecule has 1 amide bonds. The van der Waals surface area contributed by atoms with Crippen molar-refractivity contribution in [3.05, 3.63) is 88.9 Å². The van der Waals surface area contributed by atoms with Crippen LogP contribution in [0.3, 0.4) is 0 Å². The highest BCUT2D eigenvalue weighted by Gasteiger charge is 2.14. The number of nitrogens with one attached hydrogen (secondary N) is 2. The monoisotopic (exact) mass is 400 g/mol. The van der Waals surface area contributed by atoms with Crippen molar-refractivity contribution < 1.29 is 13.2 Å². The highest BCUT2D eigenvalue weighted by Crippen LogP contribution is 2.21. The minimum absolute atomic E-state index is 0.0795. The lowest BCUT2D eigenvalue weighted by Gasteiger charge is -2.10. The van der Waals surface area contributed by atoms with Gasteiger partial charge in [-0.05, 0) is 61.5 Å². The Morgan fingerprint density at radius 1 is 0.889 bits per heavy atom. The third kappa shape index (κ3) is 4.87. The Kier molecular flexibility index (Phi) is 5.48. The number of halogens is 1. The van der Waals surface area contributed by atoms with Gasteiger partial charge in [0.1, 0.15) is 0 Å². The number of hydrogen-bond acceptors (Lipinski definition) is 3. The van der Waals surface area contributed by atoms with Crippen LogP contribution in [0, 0.1) is 6.92 Å². The molecule has 0 spiro atoms. The molecule has 0 aliphatic rings. The molecule has 0 aromatic heterocycles. The third-order valence-corrected chi connectivity index (χ3v) is 5.45. The molecule has 0 aliphatic heterocycles. The summed E-state index contributed by atoms with van der Waals surface area (Å²) in [7, 11) is -3.75. The van der Waals surface area contributed by atoms with E-state index in [1.165, 1.54) is 18.2 Å². The number of anilines is 2. The van der Waals surface area contributed by atoms with Crippen LogP contribution in [0.25, 0.3) is 0 Å². The summed E-state index contributed by atoms with van der Waals surface area (Å²) >= 11 is 5.87. The van der Waals surface area contributed by atoms with Gasteiger partial charge in [-0.3, -0.25) is 9.52 Å². The normalized spacial score (nSPS) is 11.0. The van der Waals surface area contributed by atoms with Gasteiger partial charge in [0.05, 0.1) is 10.6 Å². The Labute approximate surface area is 163 Å². The number of benzene rings is 3. The van der Waals surface area contributed by atoms with Crippen LogP contribution in [-0.4, -0.2) is 14.3 Å². The minimum Gasteiger partial charge on any atom is -0.322 e. The van der Waals surface area contributed by atoms with E-state index in [-0.39, 0.29) is 10.8 Å². The van der Waals surface area contributed by atoms with Crippen molar-refractivity contribution >= 4 is 38.9 Å². The Balaban J connectivity index is 1.72. The topological polar surface area (TPSA) is 75.3 Å². The van der Waals surface area contributed by atoms with Crippen molar-refractivity contribution in [1.29, 1.82) is 0 Å². The number of carbonyl (C=O) groups is 1. The van der Waals surface area contributed by atoms with Gasteiger partial charge in [-0.25, -0.2) is 8.42 Å². The average molecular weight is 401 g/mol. The first-order valence-electron chi connectivity index (χ1n) is 8.10. The van der Waals surface area contributed by atoms with Crippen molar-refractivity contribution in [2.75, 3.05) is 10.0 Å². The summed E-state index contributed by atoms with van der Waals surface area (Å²) in [5, 5.41) is 3.18. The molecule has 0 heterocycles. The molecule has 0 saturated heterocycles. The van der Waals surface area contributed by atoms with Crippen molar-refractivity contribution in [3.8, 4) is 0 Å².